The van der Waals surface area contributed by atoms with Gasteiger partial charge in [-0.05, 0) is 12.1 Å². The minimum absolute atomic E-state index is 0.0337. The number of hydrogen-bond donors (Lipinski definition) is 0. The summed E-state index contributed by atoms with van der Waals surface area (Å²) in [4.78, 5) is 16.7. The van der Waals surface area contributed by atoms with Gasteiger partial charge in [-0.1, -0.05) is 26.8 Å². The van der Waals surface area contributed by atoms with Crippen LogP contribution in [0, 0.1) is 0 Å². The van der Waals surface area contributed by atoms with Gasteiger partial charge in [-0.15, -0.1) is 0 Å². The van der Waals surface area contributed by atoms with E-state index < -0.39 is 0 Å². The second kappa shape index (κ2) is 3.45. The summed E-state index contributed by atoms with van der Waals surface area (Å²) in [6.45, 7) is 6.17. The first-order valence-corrected chi connectivity index (χ1v) is 5.97. The molecule has 4 heteroatoms. The summed E-state index contributed by atoms with van der Waals surface area (Å²) in [5, 5.41) is 0. The molecule has 0 aliphatic carbocycles. The van der Waals surface area contributed by atoms with E-state index >= 15 is 0 Å². The average Bonchev–Trinajstić information content (AvgIpc) is 2.67. The van der Waals surface area contributed by atoms with Crippen molar-refractivity contribution in [1.82, 2.24) is 13.8 Å². The number of fused-ring (bicyclic) bond motifs is 3. The SMILES string of the molecule is CC(C)(C)c1cc(=O)n2cc3ccccn3c2n1. The van der Waals surface area contributed by atoms with E-state index in [-0.39, 0.29) is 11.0 Å². The van der Waals surface area contributed by atoms with Crippen molar-refractivity contribution in [2.45, 2.75) is 26.2 Å². The van der Waals surface area contributed by atoms with Gasteiger partial charge in [-0.2, -0.15) is 0 Å². The third-order valence-electron chi connectivity index (χ3n) is 3.07. The lowest BCUT2D eigenvalue weighted by Crippen LogP contribution is -2.21. The third kappa shape index (κ3) is 1.53. The Morgan fingerprint density at radius 1 is 1.17 bits per heavy atom. The maximum Gasteiger partial charge on any atom is 0.259 e. The van der Waals surface area contributed by atoms with E-state index in [1.54, 1.807) is 10.5 Å². The van der Waals surface area contributed by atoms with Crippen molar-refractivity contribution in [2.24, 2.45) is 0 Å². The Balaban J connectivity index is 2.49. The third-order valence-corrected chi connectivity index (χ3v) is 3.07. The summed E-state index contributed by atoms with van der Waals surface area (Å²) in [5.41, 5.74) is 1.62. The van der Waals surface area contributed by atoms with E-state index in [0.29, 0.717) is 5.78 Å². The van der Waals surface area contributed by atoms with E-state index in [4.69, 9.17) is 0 Å². The van der Waals surface area contributed by atoms with Crippen molar-refractivity contribution in [2.75, 3.05) is 0 Å². The van der Waals surface area contributed by atoms with Crippen LogP contribution in [0.3, 0.4) is 0 Å². The zero-order valence-corrected chi connectivity index (χ0v) is 10.7. The fraction of sp³-hybridized carbons (Fsp3) is 0.286. The van der Waals surface area contributed by atoms with Gasteiger partial charge in [0.1, 0.15) is 0 Å². The van der Waals surface area contributed by atoms with E-state index in [1.165, 1.54) is 0 Å². The van der Waals surface area contributed by atoms with Crippen LogP contribution in [-0.4, -0.2) is 13.8 Å². The molecule has 3 aromatic rings. The fourth-order valence-corrected chi connectivity index (χ4v) is 2.03. The molecule has 92 valence electrons. The molecule has 0 spiro atoms. The highest BCUT2D eigenvalue weighted by molar-refractivity contribution is 5.54. The second-order valence-corrected chi connectivity index (χ2v) is 5.52. The van der Waals surface area contributed by atoms with Gasteiger partial charge in [-0.3, -0.25) is 13.6 Å². The largest absolute Gasteiger partial charge is 0.286 e. The molecular weight excluding hydrogens is 226 g/mol. The molecule has 3 heterocycles. The molecule has 0 N–H and O–H groups in total. The fourth-order valence-electron chi connectivity index (χ4n) is 2.03. The lowest BCUT2D eigenvalue weighted by atomic mass is 9.92. The van der Waals surface area contributed by atoms with Crippen molar-refractivity contribution >= 4 is 11.3 Å². The van der Waals surface area contributed by atoms with Crippen LogP contribution in [0.1, 0.15) is 26.5 Å². The average molecular weight is 241 g/mol. The minimum Gasteiger partial charge on any atom is -0.286 e. The molecular formula is C14H15N3O. The molecule has 3 aromatic heterocycles. The quantitative estimate of drug-likeness (QED) is 0.605. The van der Waals surface area contributed by atoms with Gasteiger partial charge < -0.3 is 0 Å². The minimum atomic E-state index is -0.132. The summed E-state index contributed by atoms with van der Waals surface area (Å²) >= 11 is 0. The summed E-state index contributed by atoms with van der Waals surface area (Å²) in [7, 11) is 0. The van der Waals surface area contributed by atoms with Crippen LogP contribution in [0.4, 0.5) is 0 Å². The van der Waals surface area contributed by atoms with Crippen molar-refractivity contribution in [1.29, 1.82) is 0 Å². The first-order chi connectivity index (χ1) is 8.47. The number of imidazole rings is 1. The Hall–Kier alpha value is -2.10. The van der Waals surface area contributed by atoms with E-state index in [1.807, 2.05) is 35.0 Å². The molecule has 0 atom stereocenters. The summed E-state index contributed by atoms with van der Waals surface area (Å²) in [6, 6.07) is 7.46. The second-order valence-electron chi connectivity index (χ2n) is 5.52. The number of pyridine rings is 1. The molecule has 4 nitrogen and oxygen atoms in total. The smallest absolute Gasteiger partial charge is 0.259 e. The van der Waals surface area contributed by atoms with Crippen LogP contribution in [0.5, 0.6) is 0 Å². The van der Waals surface area contributed by atoms with Crippen LogP contribution < -0.4 is 5.56 Å². The monoisotopic (exact) mass is 241 g/mol. The molecule has 0 aliphatic heterocycles. The molecule has 0 bridgehead atoms. The predicted octanol–water partition coefficient (Wildman–Crippen LogP) is 2.24. The molecule has 3 rings (SSSR count). The standard InChI is InChI=1S/C14H15N3O/c1-14(2,3)11-8-12(18)17-9-10-6-4-5-7-16(10)13(17)15-11/h4-9H,1-3H3. The van der Waals surface area contributed by atoms with Gasteiger partial charge >= 0.3 is 0 Å². The number of aromatic nitrogens is 3. The summed E-state index contributed by atoms with van der Waals surface area (Å²) in [5.74, 6) is 0.669. The van der Waals surface area contributed by atoms with Crippen LogP contribution >= 0.6 is 0 Å². The molecule has 0 saturated heterocycles. The molecule has 0 radical (unpaired) electrons. The zero-order valence-electron chi connectivity index (χ0n) is 10.7. The first-order valence-electron chi connectivity index (χ1n) is 5.97. The molecule has 0 fully saturated rings. The molecule has 0 aliphatic rings. The Kier molecular flexibility index (Phi) is 2.11. The van der Waals surface area contributed by atoms with Crippen LogP contribution in [0.2, 0.25) is 0 Å². The van der Waals surface area contributed by atoms with Gasteiger partial charge in [0.15, 0.2) is 0 Å². The Morgan fingerprint density at radius 3 is 2.67 bits per heavy atom. The predicted molar refractivity (Wildman–Crippen MR) is 71.1 cm³/mol. The summed E-state index contributed by atoms with van der Waals surface area (Å²) in [6.07, 6.45) is 3.74. The van der Waals surface area contributed by atoms with Gasteiger partial charge in [0.05, 0.1) is 11.2 Å². The zero-order chi connectivity index (χ0) is 12.9. The van der Waals surface area contributed by atoms with Crippen LogP contribution in [-0.2, 0) is 5.41 Å². The lowest BCUT2D eigenvalue weighted by molar-refractivity contribution is 0.567. The van der Waals surface area contributed by atoms with Crippen LogP contribution in [0.15, 0.2) is 41.5 Å². The Morgan fingerprint density at radius 2 is 1.94 bits per heavy atom. The molecule has 18 heavy (non-hydrogen) atoms. The molecule has 0 aromatic carbocycles. The van der Waals surface area contributed by atoms with Crippen molar-refractivity contribution in [3.05, 3.63) is 52.7 Å². The Bertz CT molecular complexity index is 790. The van der Waals surface area contributed by atoms with E-state index in [2.05, 4.69) is 25.8 Å². The summed E-state index contributed by atoms with van der Waals surface area (Å²) < 4.78 is 3.52. The highest BCUT2D eigenvalue weighted by Crippen LogP contribution is 2.19. The normalized spacial score (nSPS) is 12.4. The maximum absolute atomic E-state index is 12.1. The van der Waals surface area contributed by atoms with Gasteiger partial charge in [0.25, 0.3) is 5.56 Å². The maximum atomic E-state index is 12.1. The Labute approximate surface area is 105 Å². The number of rotatable bonds is 0. The van der Waals surface area contributed by atoms with E-state index in [9.17, 15) is 4.79 Å². The highest BCUT2D eigenvalue weighted by Gasteiger charge is 2.18. The first kappa shape index (κ1) is 11.0. The van der Waals surface area contributed by atoms with Crippen molar-refractivity contribution < 1.29 is 0 Å². The van der Waals surface area contributed by atoms with Crippen molar-refractivity contribution in [3.8, 4) is 0 Å². The van der Waals surface area contributed by atoms with Crippen LogP contribution in [0.25, 0.3) is 11.3 Å². The topological polar surface area (TPSA) is 38.8 Å². The van der Waals surface area contributed by atoms with Gasteiger partial charge in [0, 0.05) is 23.9 Å². The van der Waals surface area contributed by atoms with Crippen molar-refractivity contribution in [3.63, 3.8) is 0 Å². The van der Waals surface area contributed by atoms with Gasteiger partial charge in [-0.25, -0.2) is 4.98 Å². The van der Waals surface area contributed by atoms with E-state index in [0.717, 1.165) is 11.2 Å². The van der Waals surface area contributed by atoms with Gasteiger partial charge in [0.2, 0.25) is 5.78 Å². The molecule has 0 saturated carbocycles. The molecule has 0 amide bonds. The molecule has 0 unspecified atom stereocenters. The highest BCUT2D eigenvalue weighted by atomic mass is 16.1. The number of nitrogens with zero attached hydrogens (tertiary/aromatic N) is 3. The number of hydrogen-bond acceptors (Lipinski definition) is 2. The lowest BCUT2D eigenvalue weighted by Gasteiger charge is -2.16.